The summed E-state index contributed by atoms with van der Waals surface area (Å²) in [7, 11) is 1.34. The van der Waals surface area contributed by atoms with Crippen LogP contribution in [-0.2, 0) is 14.3 Å². The maximum Gasteiger partial charge on any atom is 0.338 e. The predicted octanol–water partition coefficient (Wildman–Crippen LogP) is 3.20. The summed E-state index contributed by atoms with van der Waals surface area (Å²) in [6.45, 7) is 5.74. The third-order valence-electron chi connectivity index (χ3n) is 3.31. The Kier molecular flexibility index (Phi) is 4.48. The molecule has 1 aromatic rings. The molecular weight excluding hydrogens is 268 g/mol. The Labute approximate surface area is 124 Å². The smallest absolute Gasteiger partial charge is 0.338 e. The summed E-state index contributed by atoms with van der Waals surface area (Å²) >= 11 is 0. The van der Waals surface area contributed by atoms with Crippen LogP contribution in [-0.4, -0.2) is 24.3 Å². The van der Waals surface area contributed by atoms with Gasteiger partial charge in [-0.1, -0.05) is 24.8 Å². The first-order valence-corrected chi connectivity index (χ1v) is 6.63. The molecule has 1 atom stereocenters. The summed E-state index contributed by atoms with van der Waals surface area (Å²) in [5.41, 5.74) is 2.15. The van der Waals surface area contributed by atoms with Gasteiger partial charge in [-0.3, -0.25) is 0 Å². The zero-order valence-corrected chi connectivity index (χ0v) is 12.1. The molecule has 0 bridgehead atoms. The molecule has 0 aliphatic carbocycles. The van der Waals surface area contributed by atoms with E-state index in [1.54, 1.807) is 18.2 Å². The summed E-state index contributed by atoms with van der Waals surface area (Å²) in [5.74, 6) is 0.396. The van der Waals surface area contributed by atoms with E-state index in [4.69, 9.17) is 9.47 Å². The molecule has 0 fully saturated rings. The molecule has 0 saturated heterocycles. The number of phenolic OH excluding ortho intramolecular Hbond substituents is 1. The Hall–Kier alpha value is -2.49. The SMILES string of the molecule is C=C1OC(C/C=C(/C(=O)OC)c2ccc(O)cc2)C=C1C. The Morgan fingerprint density at radius 2 is 2.10 bits per heavy atom. The molecule has 4 nitrogen and oxygen atoms in total. The van der Waals surface area contributed by atoms with Gasteiger partial charge in [0, 0.05) is 6.42 Å². The second-order valence-corrected chi connectivity index (χ2v) is 4.82. The van der Waals surface area contributed by atoms with Crippen LogP contribution >= 0.6 is 0 Å². The van der Waals surface area contributed by atoms with E-state index in [2.05, 4.69) is 6.58 Å². The van der Waals surface area contributed by atoms with E-state index < -0.39 is 5.97 Å². The third-order valence-corrected chi connectivity index (χ3v) is 3.31. The summed E-state index contributed by atoms with van der Waals surface area (Å²) in [6.07, 6.45) is 4.19. The van der Waals surface area contributed by atoms with Gasteiger partial charge in [0.15, 0.2) is 0 Å². The van der Waals surface area contributed by atoms with Crippen LogP contribution < -0.4 is 0 Å². The van der Waals surface area contributed by atoms with Crippen molar-refractivity contribution in [3.63, 3.8) is 0 Å². The molecule has 0 amide bonds. The lowest BCUT2D eigenvalue weighted by Gasteiger charge is -2.10. The summed E-state index contributed by atoms with van der Waals surface area (Å²) in [4.78, 5) is 11.9. The molecule has 0 aromatic heterocycles. The summed E-state index contributed by atoms with van der Waals surface area (Å²) in [6, 6.07) is 6.41. The van der Waals surface area contributed by atoms with E-state index in [1.165, 1.54) is 19.2 Å². The number of allylic oxidation sites excluding steroid dienone is 1. The minimum Gasteiger partial charge on any atom is -0.508 e. The van der Waals surface area contributed by atoms with E-state index in [0.29, 0.717) is 23.3 Å². The van der Waals surface area contributed by atoms with E-state index in [-0.39, 0.29) is 11.9 Å². The van der Waals surface area contributed by atoms with Gasteiger partial charge >= 0.3 is 5.97 Å². The zero-order valence-electron chi connectivity index (χ0n) is 12.1. The maximum absolute atomic E-state index is 11.9. The van der Waals surface area contributed by atoms with E-state index in [9.17, 15) is 9.90 Å². The van der Waals surface area contributed by atoms with E-state index in [0.717, 1.165) is 5.57 Å². The fourth-order valence-electron chi connectivity index (χ4n) is 2.10. The number of carbonyl (C=O) groups excluding carboxylic acids is 1. The van der Waals surface area contributed by atoms with Crippen LogP contribution in [0.5, 0.6) is 5.75 Å². The molecule has 1 unspecified atom stereocenters. The van der Waals surface area contributed by atoms with Crippen molar-refractivity contribution in [1.29, 1.82) is 0 Å². The van der Waals surface area contributed by atoms with E-state index >= 15 is 0 Å². The van der Waals surface area contributed by atoms with Crippen molar-refractivity contribution >= 4 is 11.5 Å². The first-order chi connectivity index (χ1) is 10.0. The first kappa shape index (κ1) is 14.9. The third kappa shape index (κ3) is 3.54. The monoisotopic (exact) mass is 286 g/mol. The molecule has 1 aromatic carbocycles. The molecule has 1 aliphatic heterocycles. The minimum atomic E-state index is -0.418. The Bertz CT molecular complexity index is 608. The van der Waals surface area contributed by atoms with Crippen molar-refractivity contribution < 1.29 is 19.4 Å². The molecule has 0 spiro atoms. The van der Waals surface area contributed by atoms with Crippen molar-refractivity contribution in [2.75, 3.05) is 7.11 Å². The molecule has 21 heavy (non-hydrogen) atoms. The highest BCUT2D eigenvalue weighted by molar-refractivity contribution is 6.16. The van der Waals surface area contributed by atoms with Gasteiger partial charge in [0.2, 0.25) is 0 Å². The van der Waals surface area contributed by atoms with Crippen molar-refractivity contribution in [1.82, 2.24) is 0 Å². The molecular formula is C17H18O4. The van der Waals surface area contributed by atoms with Crippen LogP contribution in [0.3, 0.4) is 0 Å². The van der Waals surface area contributed by atoms with Crippen LogP contribution in [0.4, 0.5) is 0 Å². The van der Waals surface area contributed by atoms with Crippen molar-refractivity contribution in [3.05, 3.63) is 59.9 Å². The average molecular weight is 286 g/mol. The predicted molar refractivity (Wildman–Crippen MR) is 80.5 cm³/mol. The van der Waals surface area contributed by atoms with Crippen LogP contribution in [0.25, 0.3) is 5.57 Å². The molecule has 0 radical (unpaired) electrons. The molecule has 2 rings (SSSR count). The number of rotatable bonds is 4. The molecule has 1 heterocycles. The van der Waals surface area contributed by atoms with Gasteiger partial charge in [-0.15, -0.1) is 0 Å². The maximum atomic E-state index is 11.9. The lowest BCUT2D eigenvalue weighted by atomic mass is 10.0. The van der Waals surface area contributed by atoms with Gasteiger partial charge < -0.3 is 14.6 Å². The van der Waals surface area contributed by atoms with Crippen molar-refractivity contribution in [2.24, 2.45) is 0 Å². The topological polar surface area (TPSA) is 55.8 Å². The van der Waals surface area contributed by atoms with Gasteiger partial charge in [-0.25, -0.2) is 4.79 Å². The number of aromatic hydroxyl groups is 1. The molecule has 0 saturated carbocycles. The number of benzene rings is 1. The van der Waals surface area contributed by atoms with Crippen molar-refractivity contribution in [2.45, 2.75) is 19.4 Å². The van der Waals surface area contributed by atoms with Crippen LogP contribution in [0.15, 0.2) is 54.3 Å². The quantitative estimate of drug-likeness (QED) is 0.682. The lowest BCUT2D eigenvalue weighted by Crippen LogP contribution is -2.07. The van der Waals surface area contributed by atoms with Gasteiger partial charge in [0.1, 0.15) is 17.6 Å². The molecule has 1 aliphatic rings. The lowest BCUT2D eigenvalue weighted by molar-refractivity contribution is -0.133. The number of ether oxygens (including phenoxy) is 2. The number of hydrogen-bond donors (Lipinski definition) is 1. The first-order valence-electron chi connectivity index (χ1n) is 6.63. The fourth-order valence-corrected chi connectivity index (χ4v) is 2.10. The molecule has 110 valence electrons. The van der Waals surface area contributed by atoms with Gasteiger partial charge in [0.25, 0.3) is 0 Å². The Morgan fingerprint density at radius 3 is 2.62 bits per heavy atom. The van der Waals surface area contributed by atoms with Crippen molar-refractivity contribution in [3.8, 4) is 5.75 Å². The second kappa shape index (κ2) is 6.31. The largest absolute Gasteiger partial charge is 0.508 e. The summed E-state index contributed by atoms with van der Waals surface area (Å²) in [5, 5.41) is 9.32. The highest BCUT2D eigenvalue weighted by Crippen LogP contribution is 2.26. The number of methoxy groups -OCH3 is 1. The van der Waals surface area contributed by atoms with Crippen LogP contribution in [0.2, 0.25) is 0 Å². The standard InChI is InChI=1S/C17H18O4/c1-11-10-15(21-12(11)2)8-9-16(17(19)20-3)13-4-6-14(18)7-5-13/h4-7,9-10,15,18H,2,8H2,1,3H3/b16-9+. The summed E-state index contributed by atoms with van der Waals surface area (Å²) < 4.78 is 10.4. The van der Waals surface area contributed by atoms with Gasteiger partial charge in [-0.05, 0) is 36.3 Å². The molecule has 4 heteroatoms. The Balaban J connectivity index is 2.20. The Morgan fingerprint density at radius 1 is 1.43 bits per heavy atom. The zero-order chi connectivity index (χ0) is 15.4. The highest BCUT2D eigenvalue weighted by atomic mass is 16.5. The fraction of sp³-hybridized carbons (Fsp3) is 0.235. The normalized spacial score (nSPS) is 18.2. The van der Waals surface area contributed by atoms with Gasteiger partial charge in [-0.2, -0.15) is 0 Å². The number of esters is 1. The molecule has 1 N–H and O–H groups in total. The number of carbonyl (C=O) groups is 1. The van der Waals surface area contributed by atoms with Crippen LogP contribution in [0, 0.1) is 0 Å². The van der Waals surface area contributed by atoms with E-state index in [1.807, 2.05) is 13.0 Å². The highest BCUT2D eigenvalue weighted by Gasteiger charge is 2.18. The number of hydrogen-bond acceptors (Lipinski definition) is 4. The number of phenols is 1. The van der Waals surface area contributed by atoms with Gasteiger partial charge in [0.05, 0.1) is 12.7 Å². The second-order valence-electron chi connectivity index (χ2n) is 4.82. The van der Waals surface area contributed by atoms with Crippen LogP contribution in [0.1, 0.15) is 18.9 Å². The average Bonchev–Trinajstić information content (AvgIpc) is 2.79. The minimum absolute atomic E-state index is 0.116.